The molecule has 1 aliphatic rings. The molecule has 0 radical (unpaired) electrons. The van der Waals surface area contributed by atoms with Crippen molar-refractivity contribution in [3.05, 3.63) is 39.9 Å². The topological polar surface area (TPSA) is 92.8 Å². The standard InChI is InChI=1S/C17H21ClN2O5S/c1-4-25-15(21)10-13-11(2)8-9-20(17(13)22)19-26(23,24)16-12(3)6-5-7-14(16)18/h5-7,19H,4,8-10H2,1-3H3. The summed E-state index contributed by atoms with van der Waals surface area (Å²) in [6.45, 7) is 5.42. The van der Waals surface area contributed by atoms with Gasteiger partial charge in [-0.1, -0.05) is 29.3 Å². The van der Waals surface area contributed by atoms with Crippen molar-refractivity contribution in [1.29, 1.82) is 0 Å². The first-order valence-corrected chi connectivity index (χ1v) is 9.97. The first kappa shape index (κ1) is 20.4. The largest absolute Gasteiger partial charge is 0.466 e. The number of carbonyl (C=O) groups excluding carboxylic acids is 2. The number of hydrogen-bond donors (Lipinski definition) is 1. The summed E-state index contributed by atoms with van der Waals surface area (Å²) < 4.78 is 30.3. The van der Waals surface area contributed by atoms with E-state index in [0.29, 0.717) is 12.0 Å². The molecule has 1 N–H and O–H groups in total. The Morgan fingerprint density at radius 2 is 2.04 bits per heavy atom. The minimum Gasteiger partial charge on any atom is -0.466 e. The fourth-order valence-electron chi connectivity index (χ4n) is 2.70. The molecule has 0 fully saturated rings. The minimum absolute atomic E-state index is 0.0698. The van der Waals surface area contributed by atoms with E-state index in [4.69, 9.17) is 16.3 Å². The Morgan fingerprint density at radius 3 is 2.65 bits per heavy atom. The zero-order valence-corrected chi connectivity index (χ0v) is 16.4. The molecule has 1 heterocycles. The predicted molar refractivity (Wildman–Crippen MR) is 96.8 cm³/mol. The number of amides is 1. The van der Waals surface area contributed by atoms with Crippen LogP contribution >= 0.6 is 11.6 Å². The Balaban J connectivity index is 2.25. The lowest BCUT2D eigenvalue weighted by Gasteiger charge is -2.29. The molecule has 0 saturated heterocycles. The number of hydrogen-bond acceptors (Lipinski definition) is 5. The number of carbonyl (C=O) groups is 2. The van der Waals surface area contributed by atoms with Crippen molar-refractivity contribution in [2.24, 2.45) is 0 Å². The van der Waals surface area contributed by atoms with Gasteiger partial charge >= 0.3 is 5.97 Å². The Bertz CT molecular complexity index is 844. The van der Waals surface area contributed by atoms with Gasteiger partial charge in [0.25, 0.3) is 15.9 Å². The molecule has 26 heavy (non-hydrogen) atoms. The van der Waals surface area contributed by atoms with Crippen LogP contribution in [0.4, 0.5) is 0 Å². The average molecular weight is 401 g/mol. The summed E-state index contributed by atoms with van der Waals surface area (Å²) in [5.74, 6) is -1.09. The molecule has 0 aliphatic carbocycles. The van der Waals surface area contributed by atoms with Gasteiger partial charge in [-0.15, -0.1) is 4.83 Å². The van der Waals surface area contributed by atoms with E-state index in [-0.39, 0.29) is 35.1 Å². The third-order valence-electron chi connectivity index (χ3n) is 4.02. The number of ether oxygens (including phenoxy) is 1. The first-order valence-electron chi connectivity index (χ1n) is 8.11. The lowest BCUT2D eigenvalue weighted by atomic mass is 9.99. The number of rotatable bonds is 6. The maximum atomic E-state index is 12.7. The highest BCUT2D eigenvalue weighted by molar-refractivity contribution is 7.89. The van der Waals surface area contributed by atoms with Crippen molar-refractivity contribution in [2.75, 3.05) is 13.2 Å². The van der Waals surface area contributed by atoms with Crippen LogP contribution in [0.25, 0.3) is 0 Å². The molecule has 0 unspecified atom stereocenters. The number of sulfonamides is 1. The van der Waals surface area contributed by atoms with Gasteiger partial charge in [-0.2, -0.15) is 0 Å². The number of benzene rings is 1. The van der Waals surface area contributed by atoms with Gasteiger partial charge < -0.3 is 4.74 Å². The second-order valence-corrected chi connectivity index (χ2v) is 7.93. The number of nitrogens with one attached hydrogen (secondary N) is 1. The second-order valence-electron chi connectivity index (χ2n) is 5.93. The zero-order valence-electron chi connectivity index (χ0n) is 14.8. The molecular formula is C17H21ClN2O5S. The molecule has 1 aromatic rings. The molecule has 9 heteroatoms. The molecule has 1 aliphatic heterocycles. The van der Waals surface area contributed by atoms with Crippen LogP contribution in [0.15, 0.2) is 34.2 Å². The van der Waals surface area contributed by atoms with Crippen LogP contribution in [0.2, 0.25) is 5.02 Å². The van der Waals surface area contributed by atoms with Gasteiger partial charge in [0.05, 0.1) is 18.1 Å². The van der Waals surface area contributed by atoms with Gasteiger partial charge in [-0.3, -0.25) is 14.6 Å². The van der Waals surface area contributed by atoms with Crippen LogP contribution in [-0.4, -0.2) is 38.5 Å². The van der Waals surface area contributed by atoms with Gasteiger partial charge in [0.15, 0.2) is 0 Å². The van der Waals surface area contributed by atoms with Gasteiger partial charge in [0, 0.05) is 12.1 Å². The summed E-state index contributed by atoms with van der Waals surface area (Å²) >= 11 is 6.03. The number of esters is 1. The van der Waals surface area contributed by atoms with Crippen molar-refractivity contribution in [3.63, 3.8) is 0 Å². The fraction of sp³-hybridized carbons (Fsp3) is 0.412. The summed E-state index contributed by atoms with van der Waals surface area (Å²) in [5.41, 5.74) is 1.45. The Kier molecular flexibility index (Phi) is 6.44. The van der Waals surface area contributed by atoms with Gasteiger partial charge in [0.1, 0.15) is 4.90 Å². The van der Waals surface area contributed by atoms with Crippen LogP contribution in [0.5, 0.6) is 0 Å². The lowest BCUT2D eigenvalue weighted by molar-refractivity contribution is -0.143. The molecule has 0 aromatic heterocycles. The van der Waals surface area contributed by atoms with Crippen molar-refractivity contribution in [3.8, 4) is 0 Å². The SMILES string of the molecule is CCOC(=O)CC1=C(C)CCN(NS(=O)(=O)c2c(C)cccc2Cl)C1=O. The van der Waals surface area contributed by atoms with E-state index in [0.717, 1.165) is 10.6 Å². The van der Waals surface area contributed by atoms with Crippen LogP contribution < -0.4 is 4.83 Å². The van der Waals surface area contributed by atoms with Crippen LogP contribution in [0.1, 0.15) is 32.3 Å². The first-order chi connectivity index (χ1) is 12.2. The van der Waals surface area contributed by atoms with Gasteiger partial charge in [-0.25, -0.2) is 8.42 Å². The molecule has 0 atom stereocenters. The molecule has 1 amide bonds. The normalized spacial score (nSPS) is 15.4. The van der Waals surface area contributed by atoms with E-state index < -0.39 is 21.9 Å². The molecule has 1 aromatic carbocycles. The smallest absolute Gasteiger partial charge is 0.310 e. The predicted octanol–water partition coefficient (Wildman–Crippen LogP) is 2.34. The lowest BCUT2D eigenvalue weighted by Crippen LogP contribution is -2.49. The van der Waals surface area contributed by atoms with E-state index in [9.17, 15) is 18.0 Å². The number of nitrogens with zero attached hydrogens (tertiary/aromatic N) is 1. The van der Waals surface area contributed by atoms with Crippen LogP contribution in [-0.2, 0) is 24.3 Å². The zero-order chi connectivity index (χ0) is 19.5. The van der Waals surface area contributed by atoms with Crippen molar-refractivity contribution in [2.45, 2.75) is 38.5 Å². The Morgan fingerprint density at radius 1 is 1.35 bits per heavy atom. The highest BCUT2D eigenvalue weighted by Gasteiger charge is 2.31. The maximum absolute atomic E-state index is 12.7. The minimum atomic E-state index is -4.05. The van der Waals surface area contributed by atoms with E-state index in [2.05, 4.69) is 4.83 Å². The monoisotopic (exact) mass is 400 g/mol. The third-order valence-corrected chi connectivity index (χ3v) is 5.99. The van der Waals surface area contributed by atoms with Crippen LogP contribution in [0.3, 0.4) is 0 Å². The molecule has 142 valence electrons. The summed E-state index contributed by atoms with van der Waals surface area (Å²) in [5, 5.41) is 1.07. The van der Waals surface area contributed by atoms with Gasteiger partial charge in [-0.05, 0) is 38.8 Å². The summed E-state index contributed by atoms with van der Waals surface area (Å²) in [6.07, 6.45) is 0.256. The Labute approximate surface area is 158 Å². The van der Waals surface area contributed by atoms with Crippen molar-refractivity contribution < 1.29 is 22.7 Å². The summed E-state index contributed by atoms with van der Waals surface area (Å²) in [7, 11) is -4.05. The van der Waals surface area contributed by atoms with Crippen molar-refractivity contribution in [1.82, 2.24) is 9.84 Å². The molecule has 7 nitrogen and oxygen atoms in total. The third kappa shape index (κ3) is 4.44. The van der Waals surface area contributed by atoms with Crippen LogP contribution in [0, 0.1) is 6.92 Å². The molecule has 0 bridgehead atoms. The second kappa shape index (κ2) is 8.20. The Hall–Kier alpha value is -1.90. The molecule has 0 spiro atoms. The summed E-state index contributed by atoms with van der Waals surface area (Å²) in [6, 6.07) is 4.73. The van der Waals surface area contributed by atoms with E-state index in [1.807, 2.05) is 0 Å². The van der Waals surface area contributed by atoms with E-state index in [1.54, 1.807) is 32.9 Å². The highest BCUT2D eigenvalue weighted by Crippen LogP contribution is 2.26. The molecular weight excluding hydrogens is 380 g/mol. The quantitative estimate of drug-likeness (QED) is 0.740. The summed E-state index contributed by atoms with van der Waals surface area (Å²) in [4.78, 5) is 26.6. The number of hydrazine groups is 1. The molecule has 2 rings (SSSR count). The molecule has 0 saturated carbocycles. The van der Waals surface area contributed by atoms with E-state index in [1.165, 1.54) is 6.07 Å². The maximum Gasteiger partial charge on any atom is 0.310 e. The highest BCUT2D eigenvalue weighted by atomic mass is 35.5. The fourth-order valence-corrected chi connectivity index (χ4v) is 4.59. The number of aryl methyl sites for hydroxylation is 1. The average Bonchev–Trinajstić information content (AvgIpc) is 2.54. The van der Waals surface area contributed by atoms with Crippen molar-refractivity contribution >= 4 is 33.5 Å². The number of halogens is 1. The van der Waals surface area contributed by atoms with Gasteiger partial charge in [0.2, 0.25) is 0 Å². The van der Waals surface area contributed by atoms with E-state index >= 15 is 0 Å².